The zero-order valence-corrected chi connectivity index (χ0v) is 15.8. The van der Waals surface area contributed by atoms with E-state index in [9.17, 15) is 10.4 Å². The van der Waals surface area contributed by atoms with E-state index in [1.807, 2.05) is 6.92 Å². The summed E-state index contributed by atoms with van der Waals surface area (Å²) in [6.45, 7) is 6.88. The maximum Gasteiger partial charge on any atom is 0.0799 e. The van der Waals surface area contributed by atoms with Gasteiger partial charge >= 0.3 is 0 Å². The van der Waals surface area contributed by atoms with E-state index in [1.54, 1.807) is 0 Å². The monoisotopic (exact) mass is 344 g/mol. The van der Waals surface area contributed by atoms with Crippen LogP contribution >= 0.6 is 0 Å². The van der Waals surface area contributed by atoms with Crippen LogP contribution in [0.2, 0.25) is 0 Å². The zero-order valence-electron chi connectivity index (χ0n) is 15.8. The number of rotatable bonds is 1. The molecule has 0 bridgehead atoms. The zero-order chi connectivity index (χ0) is 17.8. The maximum absolute atomic E-state index is 9.29. The fourth-order valence-corrected chi connectivity index (χ4v) is 7.33. The second kappa shape index (κ2) is 5.85. The molecule has 0 saturated heterocycles. The molecule has 0 radical (unpaired) electrons. The topological polar surface area (TPSA) is 65.2 Å². The quantitative estimate of drug-likeness (QED) is 0.388. The van der Waals surface area contributed by atoms with E-state index in [1.165, 1.54) is 37.7 Å². The van der Waals surface area contributed by atoms with Crippen molar-refractivity contribution in [1.29, 1.82) is 0 Å². The molecule has 0 aliphatic heterocycles. The first-order valence-electron chi connectivity index (χ1n) is 10.0. The highest BCUT2D eigenvalue weighted by molar-refractivity contribution is 5.99. The predicted molar refractivity (Wildman–Crippen MR) is 99.3 cm³/mol. The summed E-state index contributed by atoms with van der Waals surface area (Å²) in [7, 11) is 0. The minimum absolute atomic E-state index is 0.188. The smallest absolute Gasteiger partial charge is 0.0799 e. The number of oxime groups is 2. The van der Waals surface area contributed by atoms with E-state index in [-0.39, 0.29) is 5.41 Å². The lowest BCUT2D eigenvalue weighted by atomic mass is 9.44. The third kappa shape index (κ3) is 2.32. The number of nitrogens with zero attached hydrogens (tertiary/aromatic N) is 2. The number of fused-ring (bicyclic) bond motifs is 5. The van der Waals surface area contributed by atoms with Crippen LogP contribution in [0.4, 0.5) is 0 Å². The van der Waals surface area contributed by atoms with Gasteiger partial charge in [0.1, 0.15) is 0 Å². The second-order valence-corrected chi connectivity index (χ2v) is 9.52. The third-order valence-electron chi connectivity index (χ3n) is 8.76. The highest BCUT2D eigenvalue weighted by Gasteiger charge is 2.58. The molecule has 0 aromatic carbocycles. The number of hydrogen-bond acceptors (Lipinski definition) is 4. The molecule has 0 aromatic rings. The number of allylic oxidation sites excluding steroid dienone is 2. The van der Waals surface area contributed by atoms with Crippen LogP contribution in [-0.4, -0.2) is 21.8 Å². The van der Waals surface area contributed by atoms with Gasteiger partial charge in [-0.05, 0) is 98.4 Å². The third-order valence-corrected chi connectivity index (χ3v) is 8.76. The van der Waals surface area contributed by atoms with Gasteiger partial charge in [0.15, 0.2) is 0 Å². The molecule has 4 heteroatoms. The summed E-state index contributed by atoms with van der Waals surface area (Å²) in [5.41, 5.74) is 3.71. The molecule has 138 valence electrons. The van der Waals surface area contributed by atoms with E-state index in [0.717, 1.165) is 42.5 Å². The molecule has 4 aliphatic rings. The van der Waals surface area contributed by atoms with Crippen molar-refractivity contribution >= 4 is 11.4 Å². The van der Waals surface area contributed by atoms with Crippen molar-refractivity contribution in [2.24, 2.45) is 44.8 Å². The molecule has 0 aromatic heterocycles. The first-order valence-corrected chi connectivity index (χ1v) is 10.0. The van der Waals surface area contributed by atoms with Crippen molar-refractivity contribution in [1.82, 2.24) is 0 Å². The van der Waals surface area contributed by atoms with Crippen molar-refractivity contribution in [2.45, 2.75) is 72.1 Å². The highest BCUT2D eigenvalue weighted by atomic mass is 16.4. The molecular weight excluding hydrogens is 312 g/mol. The van der Waals surface area contributed by atoms with Crippen LogP contribution in [0.25, 0.3) is 0 Å². The van der Waals surface area contributed by atoms with Crippen LogP contribution in [0, 0.1) is 34.5 Å². The average molecular weight is 344 g/mol. The van der Waals surface area contributed by atoms with Gasteiger partial charge in [0.05, 0.1) is 11.4 Å². The Morgan fingerprint density at radius 2 is 1.92 bits per heavy atom. The van der Waals surface area contributed by atoms with E-state index in [2.05, 4.69) is 30.2 Å². The Morgan fingerprint density at radius 1 is 1.12 bits per heavy atom. The largest absolute Gasteiger partial charge is 0.411 e. The summed E-state index contributed by atoms with van der Waals surface area (Å²) in [4.78, 5) is 0. The Bertz CT molecular complexity index is 652. The van der Waals surface area contributed by atoms with Gasteiger partial charge in [0.2, 0.25) is 0 Å². The first kappa shape index (κ1) is 17.1. The molecule has 0 heterocycles. The van der Waals surface area contributed by atoms with Gasteiger partial charge in [-0.3, -0.25) is 0 Å². The Hall–Kier alpha value is -1.32. The fraction of sp³-hybridized carbons (Fsp3) is 0.810. The molecule has 0 spiro atoms. The van der Waals surface area contributed by atoms with Crippen molar-refractivity contribution in [3.8, 4) is 0 Å². The van der Waals surface area contributed by atoms with Crippen LogP contribution in [0.15, 0.2) is 22.0 Å². The average Bonchev–Trinajstić information content (AvgIpc) is 2.97. The van der Waals surface area contributed by atoms with Crippen LogP contribution in [0.5, 0.6) is 0 Å². The van der Waals surface area contributed by atoms with Gasteiger partial charge < -0.3 is 10.4 Å². The van der Waals surface area contributed by atoms with Gasteiger partial charge in [-0.25, -0.2) is 0 Å². The minimum Gasteiger partial charge on any atom is -0.411 e. The molecular formula is C21H32N2O2. The Morgan fingerprint density at radius 3 is 2.64 bits per heavy atom. The minimum atomic E-state index is 0.188. The molecule has 4 nitrogen and oxygen atoms in total. The van der Waals surface area contributed by atoms with Crippen molar-refractivity contribution in [3.63, 3.8) is 0 Å². The maximum atomic E-state index is 9.29. The standard InChI is InChI=1S/C21H32N2O2/c1-13(22-24)17-6-7-18-16-5-4-14-12-15(23-25)8-10-20(14,2)19(16)9-11-21(17,18)3/h6,14,16,18-19,24-25H,4-5,7-12H2,1-3H3/b22-13-,23-15-/t14-,16+,18-,19-,20-,21+/m0/s1. The highest BCUT2D eigenvalue weighted by Crippen LogP contribution is 2.66. The molecule has 0 unspecified atom stereocenters. The van der Waals surface area contributed by atoms with Gasteiger partial charge in [0.25, 0.3) is 0 Å². The summed E-state index contributed by atoms with van der Waals surface area (Å²) < 4.78 is 0. The lowest BCUT2D eigenvalue weighted by Gasteiger charge is -2.60. The molecule has 2 N–H and O–H groups in total. The molecule has 6 atom stereocenters. The van der Waals surface area contributed by atoms with E-state index in [0.29, 0.717) is 17.3 Å². The first-order chi connectivity index (χ1) is 11.9. The Labute approximate surface area is 151 Å². The lowest BCUT2D eigenvalue weighted by Crippen LogP contribution is -2.53. The van der Waals surface area contributed by atoms with Crippen molar-refractivity contribution in [3.05, 3.63) is 11.6 Å². The van der Waals surface area contributed by atoms with Gasteiger partial charge in [0, 0.05) is 0 Å². The van der Waals surface area contributed by atoms with E-state index in [4.69, 9.17) is 0 Å². The normalized spacial score (nSPS) is 48.5. The summed E-state index contributed by atoms with van der Waals surface area (Å²) >= 11 is 0. The molecule has 3 saturated carbocycles. The van der Waals surface area contributed by atoms with Gasteiger partial charge in [-0.15, -0.1) is 0 Å². The predicted octanol–water partition coefficient (Wildman–Crippen LogP) is 5.25. The van der Waals surface area contributed by atoms with Crippen LogP contribution in [0.3, 0.4) is 0 Å². The molecule has 0 amide bonds. The lowest BCUT2D eigenvalue weighted by molar-refractivity contribution is -0.0866. The molecule has 25 heavy (non-hydrogen) atoms. The van der Waals surface area contributed by atoms with Gasteiger partial charge in [-0.1, -0.05) is 30.2 Å². The summed E-state index contributed by atoms with van der Waals surface area (Å²) in [6, 6.07) is 0. The van der Waals surface area contributed by atoms with Crippen LogP contribution in [0.1, 0.15) is 72.1 Å². The summed E-state index contributed by atoms with van der Waals surface area (Å²) in [5, 5.41) is 25.6. The molecule has 4 aliphatic carbocycles. The molecule has 4 rings (SSSR count). The van der Waals surface area contributed by atoms with E-state index >= 15 is 0 Å². The SMILES string of the molecule is C/C(=N/O)C1=CC[C@H]2[C@H]3CC[C@H]4C/C(=N\O)CC[C@]4(C)[C@H]3CC[C@]12C. The Kier molecular flexibility index (Phi) is 4.01. The summed E-state index contributed by atoms with van der Waals surface area (Å²) in [6.07, 6.45) is 11.7. The molecule has 3 fully saturated rings. The van der Waals surface area contributed by atoms with Gasteiger partial charge in [-0.2, -0.15) is 0 Å². The van der Waals surface area contributed by atoms with E-state index < -0.39 is 0 Å². The van der Waals surface area contributed by atoms with Crippen LogP contribution < -0.4 is 0 Å². The van der Waals surface area contributed by atoms with Crippen molar-refractivity contribution < 1.29 is 10.4 Å². The fourth-order valence-electron chi connectivity index (χ4n) is 7.33. The Balaban J connectivity index is 1.61. The summed E-state index contributed by atoms with van der Waals surface area (Å²) in [5.74, 6) is 2.97. The number of hydrogen-bond donors (Lipinski definition) is 2. The second-order valence-electron chi connectivity index (χ2n) is 9.52. The van der Waals surface area contributed by atoms with Crippen molar-refractivity contribution in [2.75, 3.05) is 0 Å². The van der Waals surface area contributed by atoms with Crippen LogP contribution in [-0.2, 0) is 0 Å².